The summed E-state index contributed by atoms with van der Waals surface area (Å²) in [6, 6.07) is 11.9. The summed E-state index contributed by atoms with van der Waals surface area (Å²) in [5, 5.41) is 8.58. The van der Waals surface area contributed by atoms with Gasteiger partial charge in [0.2, 0.25) is 0 Å². The van der Waals surface area contributed by atoms with Crippen molar-refractivity contribution >= 4 is 0 Å². The van der Waals surface area contributed by atoms with E-state index in [1.54, 1.807) is 0 Å². The third kappa shape index (κ3) is 2.01. The van der Waals surface area contributed by atoms with Crippen LogP contribution in [0.3, 0.4) is 0 Å². The Balaban J connectivity index is 2.14. The van der Waals surface area contributed by atoms with Crippen LogP contribution < -0.4 is 0 Å². The highest BCUT2D eigenvalue weighted by Gasteiger charge is 2.38. The van der Waals surface area contributed by atoms with Gasteiger partial charge in [0.05, 0.1) is 25.2 Å². The van der Waals surface area contributed by atoms with Crippen LogP contribution in [-0.4, -0.2) is 12.7 Å². The lowest BCUT2D eigenvalue weighted by Gasteiger charge is -2.23. The average Bonchev–Trinajstić information content (AvgIpc) is 2.64. The molecule has 1 aromatic carbocycles. The molecule has 1 fully saturated rings. The van der Waals surface area contributed by atoms with Crippen LogP contribution >= 0.6 is 0 Å². The van der Waals surface area contributed by atoms with Crippen molar-refractivity contribution in [1.82, 2.24) is 0 Å². The molecule has 0 bridgehead atoms. The predicted octanol–water partition coefficient (Wildman–Crippen LogP) is 2.19. The highest BCUT2D eigenvalue weighted by molar-refractivity contribution is 5.20. The summed E-state index contributed by atoms with van der Waals surface area (Å²) in [7, 11) is 0. The monoisotopic (exact) mass is 203 g/mol. The van der Waals surface area contributed by atoms with Gasteiger partial charge in [-0.3, -0.25) is 0 Å². The molecule has 1 saturated heterocycles. The Morgan fingerprint density at radius 1 is 1.47 bits per heavy atom. The van der Waals surface area contributed by atoms with E-state index in [1.807, 2.05) is 37.3 Å². The Kier molecular flexibility index (Phi) is 2.72. The first-order chi connectivity index (χ1) is 7.24. The van der Waals surface area contributed by atoms with Crippen LogP contribution in [-0.2, 0) is 15.3 Å². The molecule has 78 valence electrons. The van der Waals surface area contributed by atoms with Crippen molar-refractivity contribution in [3.05, 3.63) is 35.9 Å². The van der Waals surface area contributed by atoms with Crippen LogP contribution in [0.5, 0.6) is 0 Å². The van der Waals surface area contributed by atoms with Gasteiger partial charge < -0.3 is 9.47 Å². The number of ether oxygens (including phenoxy) is 2. The lowest BCUT2D eigenvalue weighted by atomic mass is 10.1. The lowest BCUT2D eigenvalue weighted by molar-refractivity contribution is -0.161. The molecule has 3 heteroatoms. The van der Waals surface area contributed by atoms with Crippen molar-refractivity contribution in [2.45, 2.75) is 25.2 Å². The van der Waals surface area contributed by atoms with Crippen LogP contribution in [0, 0.1) is 11.3 Å². The van der Waals surface area contributed by atoms with E-state index in [0.29, 0.717) is 13.0 Å². The summed E-state index contributed by atoms with van der Waals surface area (Å²) in [5.41, 5.74) is 0.991. The van der Waals surface area contributed by atoms with Gasteiger partial charge in [0.1, 0.15) is 0 Å². The zero-order valence-corrected chi connectivity index (χ0v) is 8.64. The minimum atomic E-state index is -0.692. The van der Waals surface area contributed by atoms with E-state index < -0.39 is 5.79 Å². The molecule has 3 nitrogen and oxygen atoms in total. The van der Waals surface area contributed by atoms with Gasteiger partial charge in [0, 0.05) is 5.56 Å². The van der Waals surface area contributed by atoms with Crippen LogP contribution in [0.25, 0.3) is 0 Å². The third-order valence-electron chi connectivity index (χ3n) is 2.55. The SMILES string of the molecule is CC1(c2ccccc2)OCC(CC#N)O1. The van der Waals surface area contributed by atoms with Crippen molar-refractivity contribution < 1.29 is 9.47 Å². The smallest absolute Gasteiger partial charge is 0.192 e. The number of rotatable bonds is 2. The maximum Gasteiger partial charge on any atom is 0.192 e. The Bertz CT molecular complexity index is 371. The maximum absolute atomic E-state index is 8.58. The van der Waals surface area contributed by atoms with E-state index in [9.17, 15) is 0 Å². The summed E-state index contributed by atoms with van der Waals surface area (Å²) >= 11 is 0. The van der Waals surface area contributed by atoms with Gasteiger partial charge in [-0.2, -0.15) is 5.26 Å². The number of benzene rings is 1. The van der Waals surface area contributed by atoms with E-state index in [4.69, 9.17) is 14.7 Å². The van der Waals surface area contributed by atoms with Crippen LogP contribution in [0.15, 0.2) is 30.3 Å². The van der Waals surface area contributed by atoms with Crippen molar-refractivity contribution in [2.24, 2.45) is 0 Å². The molecule has 0 N–H and O–H groups in total. The number of hydrogen-bond donors (Lipinski definition) is 0. The fourth-order valence-electron chi connectivity index (χ4n) is 1.73. The highest BCUT2D eigenvalue weighted by atomic mass is 16.7. The quantitative estimate of drug-likeness (QED) is 0.739. The van der Waals surface area contributed by atoms with E-state index in [2.05, 4.69) is 6.07 Å². The van der Waals surface area contributed by atoms with E-state index in [-0.39, 0.29) is 6.10 Å². The molecular weight excluding hydrogens is 190 g/mol. The molecule has 15 heavy (non-hydrogen) atoms. The summed E-state index contributed by atoms with van der Waals surface area (Å²) < 4.78 is 11.3. The number of nitriles is 1. The van der Waals surface area contributed by atoms with Gasteiger partial charge >= 0.3 is 0 Å². The molecule has 0 radical (unpaired) electrons. The molecule has 0 aromatic heterocycles. The minimum absolute atomic E-state index is 0.111. The molecule has 0 spiro atoms. The van der Waals surface area contributed by atoms with Crippen molar-refractivity contribution in [3.63, 3.8) is 0 Å². The van der Waals surface area contributed by atoms with Crippen molar-refractivity contribution in [2.75, 3.05) is 6.61 Å². The normalized spacial score (nSPS) is 30.0. The molecule has 2 atom stereocenters. The highest BCUT2D eigenvalue weighted by Crippen LogP contribution is 2.34. The number of hydrogen-bond acceptors (Lipinski definition) is 3. The fraction of sp³-hybridized carbons (Fsp3) is 0.417. The first-order valence-corrected chi connectivity index (χ1v) is 4.99. The standard InChI is InChI=1S/C12H13NO2/c1-12(10-5-3-2-4-6-10)14-9-11(15-12)7-8-13/h2-6,11H,7,9H2,1H3. The second kappa shape index (κ2) is 4.01. The topological polar surface area (TPSA) is 42.2 Å². The Morgan fingerprint density at radius 3 is 2.87 bits per heavy atom. The molecule has 2 rings (SSSR count). The first-order valence-electron chi connectivity index (χ1n) is 4.99. The second-order valence-corrected chi connectivity index (χ2v) is 3.72. The van der Waals surface area contributed by atoms with Gasteiger partial charge in [-0.15, -0.1) is 0 Å². The molecule has 1 heterocycles. The molecule has 1 aliphatic rings. The molecular formula is C12H13NO2. The van der Waals surface area contributed by atoms with Crippen molar-refractivity contribution in [3.8, 4) is 6.07 Å². The third-order valence-corrected chi connectivity index (χ3v) is 2.55. The van der Waals surface area contributed by atoms with Gasteiger partial charge in [0.15, 0.2) is 5.79 Å². The van der Waals surface area contributed by atoms with Gasteiger partial charge in [-0.25, -0.2) is 0 Å². The Hall–Kier alpha value is -1.37. The van der Waals surface area contributed by atoms with Crippen molar-refractivity contribution in [1.29, 1.82) is 5.26 Å². The Morgan fingerprint density at radius 2 is 2.20 bits per heavy atom. The predicted molar refractivity (Wildman–Crippen MR) is 54.8 cm³/mol. The summed E-state index contributed by atoms with van der Waals surface area (Å²) in [6.07, 6.45) is 0.266. The fourth-order valence-corrected chi connectivity index (χ4v) is 1.73. The molecule has 1 aliphatic heterocycles. The summed E-state index contributed by atoms with van der Waals surface area (Å²) in [4.78, 5) is 0. The van der Waals surface area contributed by atoms with Crippen LogP contribution in [0.1, 0.15) is 18.9 Å². The zero-order chi connectivity index (χ0) is 10.7. The van der Waals surface area contributed by atoms with E-state index in [0.717, 1.165) is 5.56 Å². The number of nitrogens with zero attached hydrogens (tertiary/aromatic N) is 1. The maximum atomic E-state index is 8.58. The summed E-state index contributed by atoms with van der Waals surface area (Å²) in [5.74, 6) is -0.692. The minimum Gasteiger partial charge on any atom is -0.343 e. The largest absolute Gasteiger partial charge is 0.343 e. The van der Waals surface area contributed by atoms with E-state index >= 15 is 0 Å². The molecule has 0 saturated carbocycles. The molecule has 2 unspecified atom stereocenters. The Labute approximate surface area is 89.2 Å². The average molecular weight is 203 g/mol. The van der Waals surface area contributed by atoms with Gasteiger partial charge in [-0.1, -0.05) is 30.3 Å². The first kappa shape index (κ1) is 10.2. The molecule has 1 aromatic rings. The van der Waals surface area contributed by atoms with E-state index in [1.165, 1.54) is 0 Å². The van der Waals surface area contributed by atoms with Crippen LogP contribution in [0.4, 0.5) is 0 Å². The molecule has 0 amide bonds. The van der Waals surface area contributed by atoms with Gasteiger partial charge in [-0.05, 0) is 6.92 Å². The molecule has 0 aliphatic carbocycles. The second-order valence-electron chi connectivity index (χ2n) is 3.72. The zero-order valence-electron chi connectivity index (χ0n) is 8.64. The summed E-state index contributed by atoms with van der Waals surface area (Å²) in [6.45, 7) is 2.37. The lowest BCUT2D eigenvalue weighted by Crippen LogP contribution is -2.23. The van der Waals surface area contributed by atoms with Crippen LogP contribution in [0.2, 0.25) is 0 Å². The van der Waals surface area contributed by atoms with Gasteiger partial charge in [0.25, 0.3) is 0 Å².